The minimum atomic E-state index is -0.0920. The molecule has 0 aliphatic rings. The molecule has 0 amide bonds. The number of halogens is 2. The minimum absolute atomic E-state index is 0.0768. The van der Waals surface area contributed by atoms with E-state index in [2.05, 4.69) is 50.9 Å². The number of carbonyl (C=O) groups excluding carboxylic acids is 1. The van der Waals surface area contributed by atoms with Gasteiger partial charge in [-0.1, -0.05) is 63.9 Å². The summed E-state index contributed by atoms with van der Waals surface area (Å²) in [7, 11) is 0. The van der Waals surface area contributed by atoms with Crippen LogP contribution in [0.2, 0.25) is 0 Å². The molecule has 0 radical (unpaired) electrons. The fourth-order valence-electron chi connectivity index (χ4n) is 1.52. The lowest BCUT2D eigenvalue weighted by molar-refractivity contribution is -0.121. The number of ketones is 1. The first-order valence-corrected chi connectivity index (χ1v) is 7.06. The predicted molar refractivity (Wildman–Crippen MR) is 75.1 cm³/mol. The average molecular weight is 348 g/mol. The van der Waals surface area contributed by atoms with E-state index >= 15 is 0 Å². The van der Waals surface area contributed by atoms with Crippen molar-refractivity contribution in [1.29, 1.82) is 0 Å². The monoisotopic (exact) mass is 346 g/mol. The largest absolute Gasteiger partial charge is 0.298 e. The molecule has 0 saturated carbocycles. The number of Topliss-reactive ketones (excluding diaryl/α,β-unsaturated/α-hetero) is 1. The molecule has 3 heteroatoms. The molecule has 1 nitrogen and oxygen atoms in total. The Morgan fingerprint density at radius 3 is 2.56 bits per heavy atom. The lowest BCUT2D eigenvalue weighted by Crippen LogP contribution is -2.22. The molecule has 88 valence electrons. The molecule has 0 saturated heterocycles. The molecule has 1 unspecified atom stereocenters. The number of rotatable bonds is 4. The summed E-state index contributed by atoms with van der Waals surface area (Å²) in [5.74, 6) is 0.335. The number of aryl methyl sites for hydroxylation is 1. The fourth-order valence-corrected chi connectivity index (χ4v) is 2.82. The normalized spacial score (nSPS) is 12.9. The number of carbonyl (C=O) groups is 1. The molecule has 1 rings (SSSR count). The number of benzene rings is 1. The van der Waals surface area contributed by atoms with Crippen molar-refractivity contribution in [2.75, 3.05) is 0 Å². The van der Waals surface area contributed by atoms with Crippen LogP contribution in [0.15, 0.2) is 22.7 Å². The van der Waals surface area contributed by atoms with Crippen molar-refractivity contribution in [3.63, 3.8) is 0 Å². The van der Waals surface area contributed by atoms with Crippen molar-refractivity contribution < 1.29 is 4.79 Å². The highest BCUT2D eigenvalue weighted by Gasteiger charge is 2.19. The molecular weight excluding hydrogens is 332 g/mol. The predicted octanol–water partition coefficient (Wildman–Crippen LogP) is 4.29. The van der Waals surface area contributed by atoms with Crippen LogP contribution in [-0.2, 0) is 11.2 Å². The van der Waals surface area contributed by atoms with Crippen molar-refractivity contribution in [2.24, 2.45) is 5.92 Å². The molecule has 16 heavy (non-hydrogen) atoms. The van der Waals surface area contributed by atoms with Crippen LogP contribution in [-0.4, -0.2) is 10.6 Å². The van der Waals surface area contributed by atoms with Gasteiger partial charge < -0.3 is 0 Å². The van der Waals surface area contributed by atoms with E-state index in [1.165, 1.54) is 11.1 Å². The van der Waals surface area contributed by atoms with Gasteiger partial charge in [-0.25, -0.2) is 0 Å². The summed E-state index contributed by atoms with van der Waals surface area (Å²) in [6.45, 7) is 5.92. The molecule has 0 spiro atoms. The zero-order chi connectivity index (χ0) is 12.3. The van der Waals surface area contributed by atoms with Crippen LogP contribution < -0.4 is 0 Å². The van der Waals surface area contributed by atoms with Gasteiger partial charge in [0.15, 0.2) is 0 Å². The highest BCUT2D eigenvalue weighted by molar-refractivity contribution is 9.10. The smallest absolute Gasteiger partial charge is 0.149 e. The molecule has 0 aliphatic heterocycles. The molecular formula is C13H16Br2O. The van der Waals surface area contributed by atoms with Gasteiger partial charge in [0.2, 0.25) is 0 Å². The van der Waals surface area contributed by atoms with Crippen LogP contribution in [0, 0.1) is 12.8 Å². The summed E-state index contributed by atoms with van der Waals surface area (Å²) in [6, 6.07) is 6.13. The van der Waals surface area contributed by atoms with E-state index in [4.69, 9.17) is 0 Å². The van der Waals surface area contributed by atoms with Gasteiger partial charge in [0.25, 0.3) is 0 Å². The maximum atomic E-state index is 11.8. The number of hydrogen-bond acceptors (Lipinski definition) is 1. The lowest BCUT2D eigenvalue weighted by atomic mass is 10.00. The summed E-state index contributed by atoms with van der Waals surface area (Å²) >= 11 is 7.03. The van der Waals surface area contributed by atoms with E-state index in [-0.39, 0.29) is 16.5 Å². The molecule has 1 atom stereocenters. The summed E-state index contributed by atoms with van der Waals surface area (Å²) in [5, 5.41) is 0. The van der Waals surface area contributed by atoms with Crippen LogP contribution in [0.3, 0.4) is 0 Å². The molecule has 0 aliphatic carbocycles. The van der Waals surface area contributed by atoms with Crippen LogP contribution in [0.5, 0.6) is 0 Å². The maximum Gasteiger partial charge on any atom is 0.149 e. The summed E-state index contributed by atoms with van der Waals surface area (Å²) in [6.07, 6.45) is 0.735. The van der Waals surface area contributed by atoms with Gasteiger partial charge in [0.05, 0.1) is 4.83 Å². The Morgan fingerprint density at radius 1 is 1.38 bits per heavy atom. The van der Waals surface area contributed by atoms with Gasteiger partial charge in [-0.15, -0.1) is 0 Å². The minimum Gasteiger partial charge on any atom is -0.298 e. The highest BCUT2D eigenvalue weighted by Crippen LogP contribution is 2.24. The van der Waals surface area contributed by atoms with Crippen molar-refractivity contribution in [1.82, 2.24) is 0 Å². The van der Waals surface area contributed by atoms with Crippen LogP contribution in [0.4, 0.5) is 0 Å². The quantitative estimate of drug-likeness (QED) is 0.742. The maximum absolute atomic E-state index is 11.8. The molecule has 0 heterocycles. The van der Waals surface area contributed by atoms with E-state index in [0.29, 0.717) is 0 Å². The van der Waals surface area contributed by atoms with Crippen molar-refractivity contribution in [3.8, 4) is 0 Å². The lowest BCUT2D eigenvalue weighted by Gasteiger charge is -2.13. The van der Waals surface area contributed by atoms with Crippen molar-refractivity contribution in [2.45, 2.75) is 32.0 Å². The first kappa shape index (κ1) is 13.9. The molecule has 0 aromatic heterocycles. The van der Waals surface area contributed by atoms with Crippen LogP contribution in [0.25, 0.3) is 0 Å². The first-order chi connectivity index (χ1) is 7.43. The highest BCUT2D eigenvalue weighted by atomic mass is 79.9. The Bertz CT molecular complexity index is 386. The van der Waals surface area contributed by atoms with Gasteiger partial charge in [0.1, 0.15) is 5.78 Å². The Kier molecular flexibility index (Phi) is 5.19. The Labute approximate surface area is 114 Å². The summed E-state index contributed by atoms with van der Waals surface area (Å²) in [5.41, 5.74) is 2.38. The van der Waals surface area contributed by atoms with Gasteiger partial charge >= 0.3 is 0 Å². The van der Waals surface area contributed by atoms with E-state index in [1.807, 2.05) is 19.9 Å². The van der Waals surface area contributed by atoms with Crippen LogP contribution >= 0.6 is 31.9 Å². The second kappa shape index (κ2) is 5.97. The summed E-state index contributed by atoms with van der Waals surface area (Å²) in [4.78, 5) is 11.7. The average Bonchev–Trinajstić information content (AvgIpc) is 2.23. The topological polar surface area (TPSA) is 17.1 Å². The van der Waals surface area contributed by atoms with Crippen LogP contribution in [0.1, 0.15) is 25.0 Å². The van der Waals surface area contributed by atoms with E-state index in [0.717, 1.165) is 10.9 Å². The molecule has 1 aromatic rings. The molecule has 1 aromatic carbocycles. The first-order valence-electron chi connectivity index (χ1n) is 5.35. The van der Waals surface area contributed by atoms with E-state index in [9.17, 15) is 4.79 Å². The third kappa shape index (κ3) is 3.42. The Hall–Kier alpha value is -0.150. The Balaban J connectivity index is 2.81. The van der Waals surface area contributed by atoms with Crippen molar-refractivity contribution in [3.05, 3.63) is 33.8 Å². The zero-order valence-corrected chi connectivity index (χ0v) is 12.9. The van der Waals surface area contributed by atoms with E-state index in [1.54, 1.807) is 0 Å². The van der Waals surface area contributed by atoms with Gasteiger partial charge in [0, 0.05) is 10.4 Å². The third-order valence-electron chi connectivity index (χ3n) is 2.55. The van der Waals surface area contributed by atoms with Gasteiger partial charge in [-0.2, -0.15) is 0 Å². The number of hydrogen-bond donors (Lipinski definition) is 0. The molecule has 0 bridgehead atoms. The van der Waals surface area contributed by atoms with Gasteiger partial charge in [-0.3, -0.25) is 4.79 Å². The fraction of sp³-hybridized carbons (Fsp3) is 0.462. The number of alkyl halides is 1. The van der Waals surface area contributed by atoms with E-state index < -0.39 is 0 Å². The SMILES string of the molecule is Cc1cccc(CC(Br)C(=O)C(C)C)c1Br. The second-order valence-electron chi connectivity index (χ2n) is 4.28. The second-order valence-corrected chi connectivity index (χ2v) is 6.18. The zero-order valence-electron chi connectivity index (χ0n) is 9.76. The van der Waals surface area contributed by atoms with Crippen molar-refractivity contribution >= 4 is 37.6 Å². The third-order valence-corrected chi connectivity index (χ3v) is 4.46. The summed E-state index contributed by atoms with van der Waals surface area (Å²) < 4.78 is 1.11. The van der Waals surface area contributed by atoms with Gasteiger partial charge in [-0.05, 0) is 24.5 Å². The molecule has 0 fully saturated rings. The Morgan fingerprint density at radius 2 is 2.00 bits per heavy atom. The standard InChI is InChI=1S/C13H16Br2O/c1-8(2)13(16)11(14)7-10-6-4-5-9(3)12(10)15/h4-6,8,11H,7H2,1-3H3. The molecule has 0 N–H and O–H groups in total.